The van der Waals surface area contributed by atoms with Gasteiger partial charge in [0, 0.05) is 5.92 Å². The van der Waals surface area contributed by atoms with Gasteiger partial charge in [0.25, 0.3) is 0 Å². The highest BCUT2D eigenvalue weighted by molar-refractivity contribution is 5.92. The number of aromatic carboxylic acids is 1. The highest BCUT2D eigenvalue weighted by Crippen LogP contribution is 2.39. The first-order valence-corrected chi connectivity index (χ1v) is 5.90. The molecule has 2 aromatic rings. The lowest BCUT2D eigenvalue weighted by atomic mass is 10.1. The number of aromatic nitrogens is 4. The van der Waals surface area contributed by atoms with E-state index in [-0.39, 0.29) is 5.56 Å². The van der Waals surface area contributed by atoms with Gasteiger partial charge in [-0.2, -0.15) is 4.68 Å². The van der Waals surface area contributed by atoms with Gasteiger partial charge < -0.3 is 9.84 Å². The number of hydrogen-bond donors (Lipinski definition) is 1. The van der Waals surface area contributed by atoms with Crippen LogP contribution >= 0.6 is 0 Å². The van der Waals surface area contributed by atoms with Crippen molar-refractivity contribution in [2.45, 2.75) is 18.8 Å². The molecule has 1 saturated carbocycles. The van der Waals surface area contributed by atoms with Crippen molar-refractivity contribution in [2.24, 2.45) is 0 Å². The molecule has 0 bridgehead atoms. The lowest BCUT2D eigenvalue weighted by Gasteiger charge is -2.09. The average Bonchev–Trinajstić information content (AvgIpc) is 3.15. The molecule has 0 aliphatic heterocycles. The van der Waals surface area contributed by atoms with Gasteiger partial charge in [0.15, 0.2) is 5.82 Å². The monoisotopic (exact) mass is 260 g/mol. The quantitative estimate of drug-likeness (QED) is 0.889. The molecule has 1 aliphatic rings. The summed E-state index contributed by atoms with van der Waals surface area (Å²) < 4.78 is 6.54. The van der Waals surface area contributed by atoms with E-state index in [4.69, 9.17) is 4.74 Å². The highest BCUT2D eigenvalue weighted by Gasteiger charge is 2.31. The number of rotatable bonds is 4. The number of benzene rings is 1. The molecule has 0 saturated heterocycles. The molecule has 1 fully saturated rings. The van der Waals surface area contributed by atoms with Crippen molar-refractivity contribution >= 4 is 5.97 Å². The van der Waals surface area contributed by atoms with Crippen molar-refractivity contribution in [1.82, 2.24) is 20.2 Å². The van der Waals surface area contributed by atoms with Crippen molar-refractivity contribution in [3.63, 3.8) is 0 Å². The maximum absolute atomic E-state index is 11.3. The zero-order valence-corrected chi connectivity index (χ0v) is 10.3. The predicted molar refractivity (Wildman–Crippen MR) is 64.6 cm³/mol. The largest absolute Gasteiger partial charge is 0.497 e. The summed E-state index contributed by atoms with van der Waals surface area (Å²) in [6.45, 7) is 0. The Morgan fingerprint density at radius 3 is 2.89 bits per heavy atom. The molecule has 7 nitrogen and oxygen atoms in total. The number of methoxy groups -OCH3 is 1. The first kappa shape index (κ1) is 11.6. The van der Waals surface area contributed by atoms with Gasteiger partial charge in [-0.15, -0.1) is 5.10 Å². The molecule has 0 unspecified atom stereocenters. The molecule has 0 amide bonds. The highest BCUT2D eigenvalue weighted by atomic mass is 16.5. The van der Waals surface area contributed by atoms with Crippen molar-refractivity contribution in [3.8, 4) is 11.4 Å². The number of tetrazole rings is 1. The van der Waals surface area contributed by atoms with Gasteiger partial charge in [-0.25, -0.2) is 4.79 Å². The summed E-state index contributed by atoms with van der Waals surface area (Å²) in [7, 11) is 1.49. The molecular formula is C12H12N4O3. The van der Waals surface area contributed by atoms with Gasteiger partial charge in [0.05, 0.1) is 18.4 Å². The Labute approximate surface area is 108 Å². The van der Waals surface area contributed by atoms with Crippen molar-refractivity contribution in [1.29, 1.82) is 0 Å². The molecule has 1 N–H and O–H groups in total. The fourth-order valence-corrected chi connectivity index (χ4v) is 1.96. The Kier molecular flexibility index (Phi) is 2.66. The van der Waals surface area contributed by atoms with Crippen molar-refractivity contribution in [2.75, 3.05) is 7.11 Å². The first-order chi connectivity index (χ1) is 9.20. The zero-order valence-electron chi connectivity index (χ0n) is 10.3. The summed E-state index contributed by atoms with van der Waals surface area (Å²) in [6.07, 6.45) is 2.08. The van der Waals surface area contributed by atoms with Crippen LogP contribution in [-0.2, 0) is 0 Å². The SMILES string of the molecule is COc1ccc(-n2nnnc2C2CC2)c(C(=O)O)c1. The second-order valence-corrected chi connectivity index (χ2v) is 4.41. The summed E-state index contributed by atoms with van der Waals surface area (Å²) in [6, 6.07) is 4.82. The Morgan fingerprint density at radius 2 is 2.26 bits per heavy atom. The first-order valence-electron chi connectivity index (χ1n) is 5.90. The molecule has 1 aromatic heterocycles. The molecule has 19 heavy (non-hydrogen) atoms. The maximum Gasteiger partial charge on any atom is 0.338 e. The summed E-state index contributed by atoms with van der Waals surface area (Å²) >= 11 is 0. The van der Waals surface area contributed by atoms with Crippen LogP contribution in [0, 0.1) is 0 Å². The van der Waals surface area contributed by atoms with E-state index in [9.17, 15) is 9.90 Å². The number of ether oxygens (including phenoxy) is 1. The lowest BCUT2D eigenvalue weighted by molar-refractivity contribution is 0.0696. The van der Waals surface area contributed by atoms with Crippen molar-refractivity contribution < 1.29 is 14.6 Å². The van der Waals surface area contributed by atoms with Crippen LogP contribution in [0.25, 0.3) is 5.69 Å². The summed E-state index contributed by atoms with van der Waals surface area (Å²) in [5.74, 6) is 0.500. The van der Waals surface area contributed by atoms with Crippen LogP contribution in [0.3, 0.4) is 0 Å². The number of carboxylic acids is 1. The molecular weight excluding hydrogens is 248 g/mol. The van der Waals surface area contributed by atoms with E-state index in [1.807, 2.05) is 0 Å². The number of nitrogens with zero attached hydrogens (tertiary/aromatic N) is 4. The zero-order chi connectivity index (χ0) is 13.4. The van der Waals surface area contributed by atoms with E-state index >= 15 is 0 Å². The van der Waals surface area contributed by atoms with Crippen LogP contribution in [0.15, 0.2) is 18.2 Å². The van der Waals surface area contributed by atoms with Gasteiger partial charge in [-0.05, 0) is 41.5 Å². The van der Waals surface area contributed by atoms with E-state index in [0.29, 0.717) is 23.2 Å². The fourth-order valence-electron chi connectivity index (χ4n) is 1.96. The Morgan fingerprint density at radius 1 is 1.47 bits per heavy atom. The van der Waals surface area contributed by atoms with Gasteiger partial charge in [0.2, 0.25) is 0 Å². The Hall–Kier alpha value is -2.44. The van der Waals surface area contributed by atoms with Gasteiger partial charge >= 0.3 is 5.97 Å². The molecule has 1 aliphatic carbocycles. The van der Waals surface area contributed by atoms with E-state index in [1.165, 1.54) is 17.9 Å². The summed E-state index contributed by atoms with van der Waals surface area (Å²) in [5.41, 5.74) is 0.578. The van der Waals surface area contributed by atoms with E-state index < -0.39 is 5.97 Å². The maximum atomic E-state index is 11.3. The molecule has 7 heteroatoms. The minimum atomic E-state index is -1.04. The minimum Gasteiger partial charge on any atom is -0.497 e. The van der Waals surface area contributed by atoms with Crippen LogP contribution < -0.4 is 4.74 Å². The molecule has 1 heterocycles. The van der Waals surface area contributed by atoms with Gasteiger partial charge in [-0.1, -0.05) is 0 Å². The van der Waals surface area contributed by atoms with Crippen molar-refractivity contribution in [3.05, 3.63) is 29.6 Å². The van der Waals surface area contributed by atoms with E-state index in [2.05, 4.69) is 15.5 Å². The van der Waals surface area contributed by atoms with Gasteiger partial charge in [0.1, 0.15) is 5.75 Å². The van der Waals surface area contributed by atoms with Crippen LogP contribution in [0.4, 0.5) is 0 Å². The third-order valence-electron chi connectivity index (χ3n) is 3.10. The Bertz CT molecular complexity index is 634. The van der Waals surface area contributed by atoms with Crippen LogP contribution in [0.2, 0.25) is 0 Å². The van der Waals surface area contributed by atoms with Gasteiger partial charge in [-0.3, -0.25) is 0 Å². The topological polar surface area (TPSA) is 90.1 Å². The number of carboxylic acid groups (broad SMARTS) is 1. The summed E-state index contributed by atoms with van der Waals surface area (Å²) in [5, 5.41) is 20.8. The smallest absolute Gasteiger partial charge is 0.338 e. The van der Waals surface area contributed by atoms with Crippen LogP contribution in [0.5, 0.6) is 5.75 Å². The number of carbonyl (C=O) groups is 1. The molecule has 0 radical (unpaired) electrons. The fraction of sp³-hybridized carbons (Fsp3) is 0.333. The van der Waals surface area contributed by atoms with Crippen LogP contribution in [-0.4, -0.2) is 38.4 Å². The van der Waals surface area contributed by atoms with E-state index in [0.717, 1.165) is 12.8 Å². The molecule has 98 valence electrons. The predicted octanol–water partition coefficient (Wildman–Crippen LogP) is 1.25. The second kappa shape index (κ2) is 4.34. The minimum absolute atomic E-state index is 0.119. The summed E-state index contributed by atoms with van der Waals surface area (Å²) in [4.78, 5) is 11.3. The molecule has 0 atom stereocenters. The third-order valence-corrected chi connectivity index (χ3v) is 3.10. The molecule has 1 aromatic carbocycles. The standard InChI is InChI=1S/C12H12N4O3/c1-19-8-4-5-10(9(6-8)12(17)18)16-11(7-2-3-7)13-14-15-16/h4-7H,2-3H2,1H3,(H,17,18). The van der Waals surface area contributed by atoms with E-state index in [1.54, 1.807) is 12.1 Å². The molecule has 3 rings (SSSR count). The lowest BCUT2D eigenvalue weighted by Crippen LogP contribution is -2.09. The second-order valence-electron chi connectivity index (χ2n) is 4.41. The third kappa shape index (κ3) is 2.03. The Balaban J connectivity index is 2.13. The normalized spacial score (nSPS) is 14.4. The molecule has 0 spiro atoms. The number of hydrogen-bond acceptors (Lipinski definition) is 5. The average molecular weight is 260 g/mol. The van der Waals surface area contributed by atoms with Crippen LogP contribution in [0.1, 0.15) is 34.9 Å².